The summed E-state index contributed by atoms with van der Waals surface area (Å²) in [7, 11) is -3.47. The van der Waals surface area contributed by atoms with Crippen molar-refractivity contribution in [3.63, 3.8) is 0 Å². The molecule has 0 atom stereocenters. The lowest BCUT2D eigenvalue weighted by Gasteiger charge is -2.27. The van der Waals surface area contributed by atoms with Crippen molar-refractivity contribution in [2.75, 3.05) is 12.4 Å². The fourth-order valence-corrected chi connectivity index (χ4v) is 6.39. The van der Waals surface area contributed by atoms with Crippen molar-refractivity contribution in [3.05, 3.63) is 53.1 Å². The average molecular weight is 485 g/mol. The molecule has 0 aromatic heterocycles. The van der Waals surface area contributed by atoms with E-state index in [1.54, 1.807) is 18.2 Å². The molecule has 0 unspecified atom stereocenters. The van der Waals surface area contributed by atoms with Gasteiger partial charge in [-0.15, -0.1) is 0 Å². The van der Waals surface area contributed by atoms with Crippen LogP contribution in [0, 0.1) is 0 Å². The summed E-state index contributed by atoms with van der Waals surface area (Å²) in [6, 6.07) is 8.70. The molecule has 6 heteroatoms. The van der Waals surface area contributed by atoms with Crippen molar-refractivity contribution >= 4 is 21.9 Å². The van der Waals surface area contributed by atoms with Crippen molar-refractivity contribution < 1.29 is 23.1 Å². The number of hydrogen-bond donors (Lipinski definition) is 1. The molecule has 0 spiro atoms. The minimum atomic E-state index is -3.47. The van der Waals surface area contributed by atoms with Gasteiger partial charge in [0.1, 0.15) is 5.75 Å². The Morgan fingerprint density at radius 3 is 2.62 bits per heavy atom. The van der Waals surface area contributed by atoms with Crippen LogP contribution in [0.1, 0.15) is 87.7 Å². The van der Waals surface area contributed by atoms with Crippen LogP contribution >= 0.6 is 0 Å². The highest BCUT2D eigenvalue weighted by Gasteiger charge is 2.35. The van der Waals surface area contributed by atoms with Gasteiger partial charge in [0, 0.05) is 11.1 Å². The molecule has 3 rings (SSSR count). The van der Waals surface area contributed by atoms with Gasteiger partial charge in [-0.05, 0) is 60.9 Å². The molecule has 0 bridgehead atoms. The van der Waals surface area contributed by atoms with E-state index in [1.165, 1.54) is 0 Å². The summed E-state index contributed by atoms with van der Waals surface area (Å²) in [5.41, 5.74) is 2.46. The summed E-state index contributed by atoms with van der Waals surface area (Å²) in [6.07, 6.45) is 9.16. The summed E-state index contributed by atoms with van der Waals surface area (Å²) in [4.78, 5) is 12.5. The first-order valence-electron chi connectivity index (χ1n) is 12.2. The van der Waals surface area contributed by atoms with Gasteiger partial charge in [-0.25, -0.2) is 13.2 Å². The highest BCUT2D eigenvalue weighted by molar-refractivity contribution is 7.91. The van der Waals surface area contributed by atoms with Gasteiger partial charge in [-0.2, -0.15) is 0 Å². The summed E-state index contributed by atoms with van der Waals surface area (Å²) in [5.74, 6) is -0.498. The molecule has 1 aliphatic heterocycles. The molecule has 0 fully saturated rings. The second-order valence-corrected chi connectivity index (χ2v) is 11.7. The SMILES string of the molecule is CC=Cc1cccc(C(=O)O)c1-c1cc2c(cc1OCCCCCC)S(=O)(=O)CCCC2(C)C. The van der Waals surface area contributed by atoms with E-state index in [9.17, 15) is 18.3 Å². The third kappa shape index (κ3) is 5.54. The second-order valence-electron chi connectivity index (χ2n) is 9.63. The van der Waals surface area contributed by atoms with E-state index in [0.717, 1.165) is 43.2 Å². The highest BCUT2D eigenvalue weighted by atomic mass is 32.2. The van der Waals surface area contributed by atoms with Crippen LogP contribution in [0.2, 0.25) is 0 Å². The molecule has 0 amide bonds. The van der Waals surface area contributed by atoms with Crippen molar-refractivity contribution in [1.82, 2.24) is 0 Å². The van der Waals surface area contributed by atoms with Gasteiger partial charge >= 0.3 is 5.97 Å². The maximum Gasteiger partial charge on any atom is 0.336 e. The predicted molar refractivity (Wildman–Crippen MR) is 137 cm³/mol. The number of carbonyl (C=O) groups is 1. The molecule has 1 N–H and O–H groups in total. The molecule has 1 aliphatic rings. The van der Waals surface area contributed by atoms with Gasteiger partial charge in [0.05, 0.1) is 22.8 Å². The molecular weight excluding hydrogens is 448 g/mol. The Morgan fingerprint density at radius 2 is 1.94 bits per heavy atom. The Morgan fingerprint density at radius 1 is 1.18 bits per heavy atom. The summed E-state index contributed by atoms with van der Waals surface area (Å²) in [5, 5.41) is 9.99. The Bertz CT molecular complexity index is 1180. The lowest BCUT2D eigenvalue weighted by molar-refractivity contribution is 0.0697. The third-order valence-corrected chi connectivity index (χ3v) is 8.39. The summed E-state index contributed by atoms with van der Waals surface area (Å²) in [6.45, 7) is 8.58. The van der Waals surface area contributed by atoms with E-state index in [1.807, 2.05) is 31.2 Å². The van der Waals surface area contributed by atoms with Crippen LogP contribution in [0.5, 0.6) is 5.75 Å². The molecule has 1 heterocycles. The van der Waals surface area contributed by atoms with Crippen LogP contribution in [0.15, 0.2) is 41.3 Å². The van der Waals surface area contributed by atoms with Crippen molar-refractivity contribution in [3.8, 4) is 16.9 Å². The molecule has 0 radical (unpaired) electrons. The smallest absolute Gasteiger partial charge is 0.336 e. The van der Waals surface area contributed by atoms with Crippen LogP contribution in [-0.2, 0) is 15.3 Å². The van der Waals surface area contributed by atoms with Gasteiger partial charge in [-0.1, -0.05) is 64.3 Å². The van der Waals surface area contributed by atoms with E-state index in [-0.39, 0.29) is 16.7 Å². The number of sulfone groups is 1. The molecule has 5 nitrogen and oxygen atoms in total. The summed E-state index contributed by atoms with van der Waals surface area (Å²) < 4.78 is 32.6. The Hall–Kier alpha value is -2.60. The van der Waals surface area contributed by atoms with E-state index < -0.39 is 15.8 Å². The van der Waals surface area contributed by atoms with E-state index in [0.29, 0.717) is 34.8 Å². The van der Waals surface area contributed by atoms with Crippen molar-refractivity contribution in [1.29, 1.82) is 0 Å². The van der Waals surface area contributed by atoms with Gasteiger partial charge in [0.2, 0.25) is 0 Å². The fraction of sp³-hybridized carbons (Fsp3) is 0.464. The number of hydrogen-bond acceptors (Lipinski definition) is 4. The number of ether oxygens (including phenoxy) is 1. The third-order valence-electron chi connectivity index (χ3n) is 6.56. The van der Waals surface area contributed by atoms with Crippen LogP contribution in [0.3, 0.4) is 0 Å². The molecule has 0 saturated heterocycles. The lowest BCUT2D eigenvalue weighted by Crippen LogP contribution is -2.18. The number of unbranched alkanes of at least 4 members (excludes halogenated alkanes) is 3. The number of allylic oxidation sites excluding steroid dienone is 1. The van der Waals surface area contributed by atoms with Crippen LogP contribution in [0.25, 0.3) is 17.2 Å². The topological polar surface area (TPSA) is 80.7 Å². The predicted octanol–water partition coefficient (Wildman–Crippen LogP) is 6.89. The second kappa shape index (κ2) is 10.8. The van der Waals surface area contributed by atoms with Crippen LogP contribution in [-0.4, -0.2) is 31.9 Å². The lowest BCUT2D eigenvalue weighted by atomic mass is 9.79. The Labute approximate surface area is 203 Å². The first-order chi connectivity index (χ1) is 16.1. The van der Waals surface area contributed by atoms with Gasteiger partial charge in [-0.3, -0.25) is 0 Å². The van der Waals surface area contributed by atoms with E-state index in [4.69, 9.17) is 4.74 Å². The Kier molecular flexibility index (Phi) is 8.24. The highest BCUT2D eigenvalue weighted by Crippen LogP contribution is 2.45. The number of carboxylic acid groups (broad SMARTS) is 1. The zero-order chi connectivity index (χ0) is 24.9. The van der Waals surface area contributed by atoms with Gasteiger partial charge < -0.3 is 9.84 Å². The number of aromatic carboxylic acids is 1. The maximum atomic E-state index is 13.2. The molecular formula is C28H36O5S. The fourth-order valence-electron chi connectivity index (χ4n) is 4.69. The normalized spacial score (nSPS) is 16.7. The van der Waals surface area contributed by atoms with Crippen molar-refractivity contribution in [2.24, 2.45) is 0 Å². The standard InChI is InChI=1S/C28H36O5S/c1-5-7-8-9-16-33-24-19-25-23(28(3,4)15-11-17-34(25,31)32)18-22(24)26-20(12-6-2)13-10-14-21(26)27(29)30/h6,10,12-14,18-19H,5,7-9,11,15-17H2,1-4H3,(H,29,30). The molecule has 0 aliphatic carbocycles. The molecule has 2 aromatic rings. The number of fused-ring (bicyclic) bond motifs is 1. The Balaban J connectivity index is 2.30. The first kappa shape index (κ1) is 26.0. The quantitative estimate of drug-likeness (QED) is 0.392. The number of rotatable bonds is 9. The minimum absolute atomic E-state index is 0.105. The summed E-state index contributed by atoms with van der Waals surface area (Å²) >= 11 is 0. The van der Waals surface area contributed by atoms with E-state index >= 15 is 0 Å². The maximum absolute atomic E-state index is 13.2. The van der Waals surface area contributed by atoms with E-state index in [2.05, 4.69) is 20.8 Å². The average Bonchev–Trinajstić information content (AvgIpc) is 2.86. The molecule has 184 valence electrons. The van der Waals surface area contributed by atoms with Crippen molar-refractivity contribution in [2.45, 2.75) is 76.5 Å². The molecule has 34 heavy (non-hydrogen) atoms. The minimum Gasteiger partial charge on any atom is -0.493 e. The number of benzene rings is 2. The molecule has 0 saturated carbocycles. The monoisotopic (exact) mass is 484 g/mol. The van der Waals surface area contributed by atoms with Gasteiger partial charge in [0.25, 0.3) is 0 Å². The largest absolute Gasteiger partial charge is 0.493 e. The van der Waals surface area contributed by atoms with Gasteiger partial charge in [0.15, 0.2) is 9.84 Å². The first-order valence-corrected chi connectivity index (χ1v) is 13.8. The van der Waals surface area contributed by atoms with Crippen LogP contribution < -0.4 is 4.74 Å². The zero-order valence-corrected chi connectivity index (χ0v) is 21.5. The van der Waals surface area contributed by atoms with Crippen LogP contribution in [0.4, 0.5) is 0 Å². The zero-order valence-electron chi connectivity index (χ0n) is 20.7. The molecule has 2 aromatic carbocycles. The number of carboxylic acids is 1.